The Morgan fingerprint density at radius 2 is 1.46 bits per heavy atom. The minimum atomic E-state index is -4.46. The van der Waals surface area contributed by atoms with Crippen LogP contribution in [0.2, 0.25) is 0 Å². The molecule has 5 fully saturated rings. The number of hydrogen-bond donors (Lipinski definition) is 0. The molecule has 8 atom stereocenters. The van der Waals surface area contributed by atoms with Gasteiger partial charge in [0.2, 0.25) is 10.0 Å². The Morgan fingerprint density at radius 1 is 0.805 bits per heavy atom. The summed E-state index contributed by atoms with van der Waals surface area (Å²) < 4.78 is 71.4. The van der Waals surface area contributed by atoms with Crippen LogP contribution in [0.25, 0.3) is 0 Å². The standard InChI is InChI=1S/C32H56F3N3O2S/c1-22-10-9-11-26(23(22)2)24-14-16-25(17-15-24)31-28(20-36(3)4)38-19-8-7-18-37(21-29(31)38)41(39,40)30-13-6-5-12-27(30)32(33,34)35/h22-31H,5-21H2,1-4H3/t22?,23?,24?,25?,26?,27?,28-,29?,30?,31-/m1/s1. The van der Waals surface area contributed by atoms with Crippen LogP contribution < -0.4 is 0 Å². The molecule has 0 spiro atoms. The average Bonchev–Trinajstić information content (AvgIpc) is 2.91. The van der Waals surface area contributed by atoms with E-state index in [9.17, 15) is 21.6 Å². The Hall–Kier alpha value is -0.380. The summed E-state index contributed by atoms with van der Waals surface area (Å²) in [6, 6.07) is 0.531. The zero-order chi connectivity index (χ0) is 29.5. The first kappa shape index (κ1) is 32.0. The van der Waals surface area contributed by atoms with Crippen LogP contribution in [0.15, 0.2) is 0 Å². The van der Waals surface area contributed by atoms with Crippen molar-refractivity contribution >= 4 is 10.0 Å². The second-order valence-electron chi connectivity index (χ2n) is 14.9. The van der Waals surface area contributed by atoms with Gasteiger partial charge in [0, 0.05) is 31.7 Å². The second-order valence-corrected chi connectivity index (χ2v) is 17.1. The number of fused-ring (bicyclic) bond motifs is 1. The predicted octanol–water partition coefficient (Wildman–Crippen LogP) is 6.64. The third-order valence-electron chi connectivity index (χ3n) is 12.4. The largest absolute Gasteiger partial charge is 0.393 e. The molecule has 5 nitrogen and oxygen atoms in total. The summed E-state index contributed by atoms with van der Waals surface area (Å²) in [5, 5.41) is -1.32. The van der Waals surface area contributed by atoms with Crippen LogP contribution in [0, 0.1) is 41.4 Å². The molecular weight excluding hydrogens is 547 g/mol. The smallest absolute Gasteiger partial charge is 0.308 e. The van der Waals surface area contributed by atoms with Gasteiger partial charge in [0.25, 0.3) is 0 Å². The van der Waals surface area contributed by atoms with Crippen LogP contribution in [0.3, 0.4) is 0 Å². The molecule has 41 heavy (non-hydrogen) atoms. The van der Waals surface area contributed by atoms with Crippen molar-refractivity contribution in [1.29, 1.82) is 0 Å². The molecule has 3 aliphatic carbocycles. The first-order chi connectivity index (χ1) is 19.4. The molecule has 238 valence electrons. The maximum Gasteiger partial charge on any atom is 0.393 e. The minimum absolute atomic E-state index is 0.0635. The van der Waals surface area contributed by atoms with Crippen molar-refractivity contribution in [3.63, 3.8) is 0 Å². The third kappa shape index (κ3) is 6.68. The number of alkyl halides is 3. The second kappa shape index (κ2) is 12.9. The quantitative estimate of drug-likeness (QED) is 0.341. The Bertz CT molecular complexity index is 968. The van der Waals surface area contributed by atoms with E-state index in [0.717, 1.165) is 43.2 Å². The van der Waals surface area contributed by atoms with E-state index in [1.165, 1.54) is 49.3 Å². The minimum Gasteiger partial charge on any atom is -0.308 e. The lowest BCUT2D eigenvalue weighted by Gasteiger charge is -2.61. The van der Waals surface area contributed by atoms with Crippen molar-refractivity contribution in [1.82, 2.24) is 14.1 Å². The molecule has 0 aromatic rings. The normalized spacial score (nSPS) is 42.2. The molecule has 2 heterocycles. The van der Waals surface area contributed by atoms with Gasteiger partial charge in [-0.05, 0) is 114 Å². The van der Waals surface area contributed by atoms with Crippen LogP contribution >= 0.6 is 0 Å². The van der Waals surface area contributed by atoms with E-state index < -0.39 is 27.4 Å². The summed E-state index contributed by atoms with van der Waals surface area (Å²) in [7, 11) is 0.206. The predicted molar refractivity (Wildman–Crippen MR) is 159 cm³/mol. The lowest BCUT2D eigenvalue weighted by molar-refractivity contribution is -0.180. The van der Waals surface area contributed by atoms with Crippen LogP contribution in [-0.4, -0.2) is 86.3 Å². The van der Waals surface area contributed by atoms with Gasteiger partial charge < -0.3 is 4.90 Å². The van der Waals surface area contributed by atoms with E-state index in [0.29, 0.717) is 50.2 Å². The first-order valence-electron chi connectivity index (χ1n) is 16.9. The summed E-state index contributed by atoms with van der Waals surface area (Å²) in [4.78, 5) is 4.79. The van der Waals surface area contributed by atoms with Crippen molar-refractivity contribution in [3.8, 4) is 0 Å². The highest BCUT2D eigenvalue weighted by Gasteiger charge is 2.56. The zero-order valence-electron chi connectivity index (χ0n) is 26.0. The first-order valence-corrected chi connectivity index (χ1v) is 18.4. The summed E-state index contributed by atoms with van der Waals surface area (Å²) in [6.45, 7) is 7.56. The number of nitrogens with zero attached hydrogens (tertiary/aromatic N) is 3. The number of sulfonamides is 1. The molecule has 6 unspecified atom stereocenters. The van der Waals surface area contributed by atoms with Gasteiger partial charge >= 0.3 is 6.18 Å². The monoisotopic (exact) mass is 603 g/mol. The van der Waals surface area contributed by atoms with Gasteiger partial charge in [-0.2, -0.15) is 13.2 Å². The van der Waals surface area contributed by atoms with Crippen molar-refractivity contribution in [2.75, 3.05) is 40.3 Å². The molecule has 0 N–H and O–H groups in total. The lowest BCUT2D eigenvalue weighted by atomic mass is 9.60. The Balaban J connectivity index is 1.32. The van der Waals surface area contributed by atoms with Gasteiger partial charge in [0.05, 0.1) is 11.2 Å². The fourth-order valence-electron chi connectivity index (χ4n) is 10.0. The molecule has 3 saturated carbocycles. The van der Waals surface area contributed by atoms with Gasteiger partial charge in [-0.3, -0.25) is 4.90 Å². The van der Waals surface area contributed by atoms with Crippen molar-refractivity contribution in [2.24, 2.45) is 41.4 Å². The van der Waals surface area contributed by atoms with Crippen LogP contribution in [0.4, 0.5) is 13.2 Å². The van der Waals surface area contributed by atoms with Crippen molar-refractivity contribution < 1.29 is 21.6 Å². The van der Waals surface area contributed by atoms with Gasteiger partial charge in [-0.25, -0.2) is 12.7 Å². The number of halogens is 3. The van der Waals surface area contributed by atoms with Crippen molar-refractivity contribution in [2.45, 2.75) is 121 Å². The van der Waals surface area contributed by atoms with Gasteiger partial charge in [-0.1, -0.05) is 39.5 Å². The number of rotatable bonds is 6. The van der Waals surface area contributed by atoms with Gasteiger partial charge in [0.15, 0.2) is 0 Å². The molecule has 0 amide bonds. The molecule has 0 aromatic carbocycles. The topological polar surface area (TPSA) is 43.9 Å². The Kier molecular flexibility index (Phi) is 10.1. The summed E-state index contributed by atoms with van der Waals surface area (Å²) >= 11 is 0. The molecule has 2 aliphatic heterocycles. The van der Waals surface area contributed by atoms with E-state index >= 15 is 0 Å². The molecule has 0 aromatic heterocycles. The average molecular weight is 604 g/mol. The molecule has 9 heteroatoms. The van der Waals surface area contributed by atoms with E-state index in [4.69, 9.17) is 0 Å². The number of likely N-dealkylation sites (N-methyl/N-ethyl adjacent to an activating group) is 1. The summed E-state index contributed by atoms with van der Waals surface area (Å²) in [6.07, 6.45) is 7.33. The molecule has 5 aliphatic rings. The lowest BCUT2D eigenvalue weighted by Crippen LogP contribution is -2.72. The Morgan fingerprint density at radius 3 is 2.15 bits per heavy atom. The third-order valence-corrected chi connectivity index (χ3v) is 14.7. The molecule has 5 rings (SSSR count). The molecule has 2 saturated heterocycles. The summed E-state index contributed by atoms with van der Waals surface area (Å²) in [5.41, 5.74) is 0. The maximum absolute atomic E-state index is 14.0. The van der Waals surface area contributed by atoms with E-state index in [-0.39, 0.29) is 18.9 Å². The van der Waals surface area contributed by atoms with E-state index in [1.54, 1.807) is 0 Å². The summed E-state index contributed by atoms with van der Waals surface area (Å²) in [5.74, 6) is 2.54. The molecule has 0 radical (unpaired) electrons. The number of hydrogen-bond acceptors (Lipinski definition) is 4. The van der Waals surface area contributed by atoms with Gasteiger partial charge in [0.1, 0.15) is 0 Å². The van der Waals surface area contributed by atoms with Crippen LogP contribution in [0.5, 0.6) is 0 Å². The molecule has 0 bridgehead atoms. The van der Waals surface area contributed by atoms with Crippen LogP contribution in [0.1, 0.15) is 97.3 Å². The highest BCUT2D eigenvalue weighted by Crippen LogP contribution is 2.50. The molecular formula is C32H56F3N3O2S. The van der Waals surface area contributed by atoms with E-state index in [1.807, 2.05) is 0 Å². The van der Waals surface area contributed by atoms with Crippen LogP contribution in [-0.2, 0) is 10.0 Å². The Labute approximate surface area is 248 Å². The zero-order valence-corrected chi connectivity index (χ0v) is 26.8. The fourth-order valence-corrected chi connectivity index (χ4v) is 12.3. The highest BCUT2D eigenvalue weighted by atomic mass is 32.2. The SMILES string of the molecule is CC1CCCC(C2CCC([C@H]3C4CN(S(=O)(=O)C5CCCCC5C(F)(F)F)CCCCN4[C@@H]3CN(C)C)CC2)C1C. The fraction of sp³-hybridized carbons (Fsp3) is 1.00. The van der Waals surface area contributed by atoms with E-state index in [2.05, 4.69) is 37.7 Å². The maximum atomic E-state index is 14.0. The van der Waals surface area contributed by atoms with Crippen molar-refractivity contribution in [3.05, 3.63) is 0 Å². The highest BCUT2D eigenvalue weighted by molar-refractivity contribution is 7.89. The van der Waals surface area contributed by atoms with Gasteiger partial charge in [-0.15, -0.1) is 0 Å².